The summed E-state index contributed by atoms with van der Waals surface area (Å²) in [5, 5.41) is 7.08. The molecule has 0 aliphatic rings. The van der Waals surface area contributed by atoms with Crippen LogP contribution in [0.2, 0.25) is 0 Å². The number of ether oxygens (including phenoxy) is 1. The number of rotatable bonds is 5. The molecule has 2 aromatic rings. The SMILES string of the molecule is CCCn1c(Sc2ccc(OC)cc2N)n[nH]c1=O. The van der Waals surface area contributed by atoms with E-state index in [2.05, 4.69) is 10.2 Å². The summed E-state index contributed by atoms with van der Waals surface area (Å²) in [6.45, 7) is 2.64. The lowest BCUT2D eigenvalue weighted by molar-refractivity contribution is 0.415. The minimum absolute atomic E-state index is 0.198. The molecular weight excluding hydrogens is 264 g/mol. The van der Waals surface area contributed by atoms with Crippen LogP contribution in [0.25, 0.3) is 0 Å². The molecule has 0 bridgehead atoms. The molecule has 0 amide bonds. The molecule has 0 radical (unpaired) electrons. The van der Waals surface area contributed by atoms with Crippen LogP contribution in [0.1, 0.15) is 13.3 Å². The fourth-order valence-corrected chi connectivity index (χ4v) is 2.53. The van der Waals surface area contributed by atoms with Gasteiger partial charge in [-0.05, 0) is 30.3 Å². The molecule has 0 fully saturated rings. The van der Waals surface area contributed by atoms with Gasteiger partial charge in [0.1, 0.15) is 5.75 Å². The molecule has 1 aromatic heterocycles. The summed E-state index contributed by atoms with van der Waals surface area (Å²) < 4.78 is 6.71. The van der Waals surface area contributed by atoms with Gasteiger partial charge in [-0.3, -0.25) is 4.57 Å². The number of anilines is 1. The third-order valence-corrected chi connectivity index (χ3v) is 3.67. The van der Waals surface area contributed by atoms with Crippen molar-refractivity contribution in [3.63, 3.8) is 0 Å². The van der Waals surface area contributed by atoms with Crippen LogP contribution in [0.3, 0.4) is 0 Å². The normalized spacial score (nSPS) is 10.6. The van der Waals surface area contributed by atoms with Gasteiger partial charge in [-0.25, -0.2) is 9.89 Å². The van der Waals surface area contributed by atoms with Gasteiger partial charge in [0.25, 0.3) is 0 Å². The zero-order chi connectivity index (χ0) is 13.8. The highest BCUT2D eigenvalue weighted by Crippen LogP contribution is 2.32. The van der Waals surface area contributed by atoms with E-state index in [4.69, 9.17) is 10.5 Å². The minimum atomic E-state index is -0.198. The van der Waals surface area contributed by atoms with E-state index in [0.717, 1.165) is 11.3 Å². The molecule has 0 spiro atoms. The monoisotopic (exact) mass is 280 g/mol. The molecule has 2 rings (SSSR count). The number of aromatic amines is 1. The van der Waals surface area contributed by atoms with Crippen LogP contribution in [-0.2, 0) is 6.54 Å². The number of H-pyrrole nitrogens is 1. The number of nitrogens with one attached hydrogen (secondary N) is 1. The molecule has 0 saturated heterocycles. The fourth-order valence-electron chi connectivity index (χ4n) is 1.65. The summed E-state index contributed by atoms with van der Waals surface area (Å²) in [6, 6.07) is 5.43. The van der Waals surface area contributed by atoms with Crippen molar-refractivity contribution in [2.75, 3.05) is 12.8 Å². The Labute approximate surface area is 115 Å². The van der Waals surface area contributed by atoms with Gasteiger partial charge < -0.3 is 10.5 Å². The molecule has 0 aliphatic carbocycles. The Morgan fingerprint density at radius 3 is 2.95 bits per heavy atom. The second-order valence-electron chi connectivity index (χ2n) is 3.97. The Morgan fingerprint density at radius 2 is 2.32 bits per heavy atom. The van der Waals surface area contributed by atoms with E-state index >= 15 is 0 Å². The van der Waals surface area contributed by atoms with Gasteiger partial charge in [-0.2, -0.15) is 0 Å². The maximum atomic E-state index is 11.6. The van der Waals surface area contributed by atoms with Gasteiger partial charge in [0.2, 0.25) is 0 Å². The first-order chi connectivity index (χ1) is 9.15. The van der Waals surface area contributed by atoms with E-state index in [1.807, 2.05) is 19.1 Å². The second-order valence-corrected chi connectivity index (χ2v) is 4.98. The molecule has 0 aliphatic heterocycles. The van der Waals surface area contributed by atoms with Crippen molar-refractivity contribution in [3.05, 3.63) is 28.7 Å². The first-order valence-electron chi connectivity index (χ1n) is 5.92. The summed E-state index contributed by atoms with van der Waals surface area (Å²) in [5.74, 6) is 0.704. The third-order valence-electron chi connectivity index (χ3n) is 2.59. The molecule has 1 heterocycles. The number of methoxy groups -OCH3 is 1. The van der Waals surface area contributed by atoms with E-state index < -0.39 is 0 Å². The first-order valence-corrected chi connectivity index (χ1v) is 6.74. The number of aromatic nitrogens is 3. The summed E-state index contributed by atoms with van der Waals surface area (Å²) in [7, 11) is 1.59. The first kappa shape index (κ1) is 13.5. The van der Waals surface area contributed by atoms with Crippen LogP contribution >= 0.6 is 11.8 Å². The lowest BCUT2D eigenvalue weighted by atomic mass is 10.3. The molecule has 19 heavy (non-hydrogen) atoms. The van der Waals surface area contributed by atoms with Gasteiger partial charge in [-0.15, -0.1) is 5.10 Å². The van der Waals surface area contributed by atoms with Gasteiger partial charge in [0.15, 0.2) is 5.16 Å². The standard InChI is InChI=1S/C12H16N4O2S/c1-3-6-16-11(17)14-15-12(16)19-10-5-4-8(18-2)7-9(10)13/h4-5,7H,3,6,13H2,1-2H3,(H,14,17). The van der Waals surface area contributed by atoms with Crippen LogP contribution in [0.15, 0.2) is 33.0 Å². The molecule has 102 valence electrons. The maximum Gasteiger partial charge on any atom is 0.343 e. The third kappa shape index (κ3) is 2.93. The molecule has 1 aromatic carbocycles. The highest BCUT2D eigenvalue weighted by atomic mass is 32.2. The smallest absolute Gasteiger partial charge is 0.343 e. The number of nitrogen functional groups attached to an aromatic ring is 1. The number of nitrogens with two attached hydrogens (primary N) is 1. The number of nitrogens with zero attached hydrogens (tertiary/aromatic N) is 2. The van der Waals surface area contributed by atoms with Gasteiger partial charge in [0.05, 0.1) is 7.11 Å². The lowest BCUT2D eigenvalue weighted by Gasteiger charge is -2.07. The predicted molar refractivity (Wildman–Crippen MR) is 74.7 cm³/mol. The van der Waals surface area contributed by atoms with Crippen molar-refractivity contribution < 1.29 is 4.74 Å². The summed E-state index contributed by atoms with van der Waals surface area (Å²) >= 11 is 1.36. The van der Waals surface area contributed by atoms with E-state index in [1.54, 1.807) is 17.7 Å². The maximum absolute atomic E-state index is 11.6. The molecule has 3 N–H and O–H groups in total. The number of benzene rings is 1. The molecule has 0 saturated carbocycles. The molecule has 6 nitrogen and oxygen atoms in total. The van der Waals surface area contributed by atoms with Crippen LogP contribution < -0.4 is 16.2 Å². The Bertz CT molecular complexity index is 620. The number of hydrogen-bond donors (Lipinski definition) is 2. The Morgan fingerprint density at radius 1 is 1.53 bits per heavy atom. The van der Waals surface area contributed by atoms with E-state index in [0.29, 0.717) is 23.1 Å². The average Bonchev–Trinajstić information content (AvgIpc) is 2.74. The van der Waals surface area contributed by atoms with Crippen molar-refractivity contribution >= 4 is 17.4 Å². The van der Waals surface area contributed by atoms with Gasteiger partial charge >= 0.3 is 5.69 Å². The lowest BCUT2D eigenvalue weighted by Crippen LogP contribution is -2.17. The summed E-state index contributed by atoms with van der Waals surface area (Å²) in [5.41, 5.74) is 6.35. The Kier molecular flexibility index (Phi) is 4.16. The average molecular weight is 280 g/mol. The number of hydrogen-bond acceptors (Lipinski definition) is 5. The highest BCUT2D eigenvalue weighted by Gasteiger charge is 2.11. The Hall–Kier alpha value is -1.89. The van der Waals surface area contributed by atoms with Crippen molar-refractivity contribution in [3.8, 4) is 5.75 Å². The van der Waals surface area contributed by atoms with Crippen LogP contribution in [-0.4, -0.2) is 21.9 Å². The second kappa shape index (κ2) is 5.83. The largest absolute Gasteiger partial charge is 0.497 e. The van der Waals surface area contributed by atoms with Gasteiger partial charge in [-0.1, -0.05) is 6.92 Å². The summed E-state index contributed by atoms with van der Waals surface area (Å²) in [6.07, 6.45) is 0.866. The molecule has 7 heteroatoms. The highest BCUT2D eigenvalue weighted by molar-refractivity contribution is 7.99. The quantitative estimate of drug-likeness (QED) is 0.814. The topological polar surface area (TPSA) is 85.9 Å². The van der Waals surface area contributed by atoms with Crippen molar-refractivity contribution in [1.82, 2.24) is 14.8 Å². The van der Waals surface area contributed by atoms with E-state index in [9.17, 15) is 4.79 Å². The summed E-state index contributed by atoms with van der Waals surface area (Å²) in [4.78, 5) is 12.4. The molecule has 0 atom stereocenters. The van der Waals surface area contributed by atoms with Crippen molar-refractivity contribution in [1.29, 1.82) is 0 Å². The van der Waals surface area contributed by atoms with Crippen molar-refractivity contribution in [2.24, 2.45) is 0 Å². The Balaban J connectivity index is 2.28. The molecule has 0 unspecified atom stereocenters. The molecular formula is C12H16N4O2S. The zero-order valence-corrected chi connectivity index (χ0v) is 11.7. The van der Waals surface area contributed by atoms with Crippen molar-refractivity contribution in [2.45, 2.75) is 29.9 Å². The van der Waals surface area contributed by atoms with Crippen LogP contribution in [0.5, 0.6) is 5.75 Å². The van der Waals surface area contributed by atoms with Crippen LogP contribution in [0.4, 0.5) is 5.69 Å². The minimum Gasteiger partial charge on any atom is -0.497 e. The zero-order valence-electron chi connectivity index (χ0n) is 10.8. The van der Waals surface area contributed by atoms with E-state index in [-0.39, 0.29) is 5.69 Å². The van der Waals surface area contributed by atoms with Crippen LogP contribution in [0, 0.1) is 0 Å². The van der Waals surface area contributed by atoms with E-state index in [1.165, 1.54) is 11.8 Å². The van der Waals surface area contributed by atoms with Gasteiger partial charge in [0, 0.05) is 23.2 Å². The predicted octanol–water partition coefficient (Wildman–Crippen LogP) is 1.72. The fraction of sp³-hybridized carbons (Fsp3) is 0.333.